The Morgan fingerprint density at radius 1 is 1.29 bits per heavy atom. The average molecular weight is 284 g/mol. The summed E-state index contributed by atoms with van der Waals surface area (Å²) < 4.78 is 2.07. The zero-order valence-electron chi connectivity index (χ0n) is 13.2. The second-order valence-electron chi connectivity index (χ2n) is 5.93. The monoisotopic (exact) mass is 284 g/mol. The molecule has 0 spiro atoms. The lowest BCUT2D eigenvalue weighted by atomic mass is 9.99. The van der Waals surface area contributed by atoms with Crippen molar-refractivity contribution in [2.75, 3.05) is 17.2 Å². The van der Waals surface area contributed by atoms with E-state index in [1.54, 1.807) is 0 Å². The smallest absolute Gasteiger partial charge is 0.155 e. The minimum atomic E-state index is 0.817. The second-order valence-corrected chi connectivity index (χ2v) is 5.93. The van der Waals surface area contributed by atoms with Crippen LogP contribution in [0, 0.1) is 13.8 Å². The fourth-order valence-corrected chi connectivity index (χ4v) is 3.18. The molecule has 1 aliphatic heterocycles. The Balaban J connectivity index is 2.10. The molecule has 1 aromatic heterocycles. The van der Waals surface area contributed by atoms with Crippen LogP contribution < -0.4 is 10.6 Å². The number of aromatic nitrogens is 2. The number of hydrogen-bond donors (Lipinski definition) is 1. The van der Waals surface area contributed by atoms with E-state index in [4.69, 9.17) is 5.73 Å². The van der Waals surface area contributed by atoms with Crippen LogP contribution in [0.1, 0.15) is 36.6 Å². The largest absolute Gasteiger partial charge is 0.394 e. The van der Waals surface area contributed by atoms with Crippen LogP contribution in [0.3, 0.4) is 0 Å². The fourth-order valence-electron chi connectivity index (χ4n) is 3.18. The molecule has 1 aliphatic rings. The summed E-state index contributed by atoms with van der Waals surface area (Å²) in [6, 6.07) is 6.70. The van der Waals surface area contributed by atoms with Gasteiger partial charge in [0.1, 0.15) is 0 Å². The first-order chi connectivity index (χ1) is 10.1. The first kappa shape index (κ1) is 14.0. The highest BCUT2D eigenvalue weighted by Crippen LogP contribution is 2.38. The van der Waals surface area contributed by atoms with Crippen molar-refractivity contribution in [3.63, 3.8) is 0 Å². The van der Waals surface area contributed by atoms with Crippen molar-refractivity contribution < 1.29 is 0 Å². The van der Waals surface area contributed by atoms with Gasteiger partial charge in [-0.25, -0.2) is 4.68 Å². The maximum Gasteiger partial charge on any atom is 0.155 e. The molecule has 2 heterocycles. The Morgan fingerprint density at radius 3 is 2.86 bits per heavy atom. The minimum absolute atomic E-state index is 0.817. The normalized spacial score (nSPS) is 14.3. The first-order valence-electron chi connectivity index (χ1n) is 7.81. The number of nitrogen functional groups attached to an aromatic ring is 1. The van der Waals surface area contributed by atoms with Crippen LogP contribution in [0.5, 0.6) is 0 Å². The van der Waals surface area contributed by atoms with E-state index in [1.807, 2.05) is 6.92 Å². The third-order valence-electron chi connectivity index (χ3n) is 4.19. The summed E-state index contributed by atoms with van der Waals surface area (Å²) in [4.78, 5) is 2.35. The lowest BCUT2D eigenvalue weighted by molar-refractivity contribution is 0.590. The molecule has 0 amide bonds. The van der Waals surface area contributed by atoms with Crippen molar-refractivity contribution in [3.8, 4) is 0 Å². The van der Waals surface area contributed by atoms with E-state index in [9.17, 15) is 0 Å². The van der Waals surface area contributed by atoms with Gasteiger partial charge < -0.3 is 10.6 Å². The summed E-state index contributed by atoms with van der Waals surface area (Å²) in [5.74, 6) is 1.07. The van der Waals surface area contributed by atoms with Crippen molar-refractivity contribution >= 4 is 17.2 Å². The summed E-state index contributed by atoms with van der Waals surface area (Å²) in [7, 11) is 0. The minimum Gasteiger partial charge on any atom is -0.394 e. The molecule has 0 atom stereocenters. The van der Waals surface area contributed by atoms with Crippen molar-refractivity contribution in [2.45, 2.75) is 46.6 Å². The van der Waals surface area contributed by atoms with E-state index in [0.717, 1.165) is 49.6 Å². The fraction of sp³-hybridized carbons (Fsp3) is 0.471. The maximum atomic E-state index is 6.33. The van der Waals surface area contributed by atoms with Crippen molar-refractivity contribution in [1.29, 1.82) is 0 Å². The zero-order chi connectivity index (χ0) is 15.0. The highest BCUT2D eigenvalue weighted by molar-refractivity contribution is 5.76. The third-order valence-corrected chi connectivity index (χ3v) is 4.19. The summed E-state index contributed by atoms with van der Waals surface area (Å²) in [6.45, 7) is 8.23. The molecule has 0 saturated carbocycles. The maximum absolute atomic E-state index is 6.33. The van der Waals surface area contributed by atoms with E-state index in [2.05, 4.69) is 46.7 Å². The number of benzene rings is 1. The summed E-state index contributed by atoms with van der Waals surface area (Å²) in [5, 5.41) is 4.62. The van der Waals surface area contributed by atoms with Gasteiger partial charge in [-0.3, -0.25) is 0 Å². The Bertz CT molecular complexity index is 657. The Morgan fingerprint density at radius 2 is 2.10 bits per heavy atom. The molecular formula is C17H24N4. The molecular weight excluding hydrogens is 260 g/mol. The molecule has 0 saturated heterocycles. The molecule has 2 aromatic rings. The Labute approximate surface area is 126 Å². The van der Waals surface area contributed by atoms with Gasteiger partial charge in [0.15, 0.2) is 5.82 Å². The van der Waals surface area contributed by atoms with Gasteiger partial charge in [-0.05, 0) is 44.7 Å². The molecule has 0 fully saturated rings. The number of anilines is 3. The number of fused-ring (bicyclic) bond motifs is 1. The molecule has 2 N–H and O–H groups in total. The highest BCUT2D eigenvalue weighted by atomic mass is 15.4. The zero-order valence-corrected chi connectivity index (χ0v) is 13.2. The van der Waals surface area contributed by atoms with E-state index < -0.39 is 0 Å². The van der Waals surface area contributed by atoms with E-state index in [1.165, 1.54) is 16.8 Å². The predicted octanol–water partition coefficient (Wildman–Crippen LogP) is 3.58. The van der Waals surface area contributed by atoms with Crippen LogP contribution in [0.15, 0.2) is 18.2 Å². The van der Waals surface area contributed by atoms with Gasteiger partial charge in [0.2, 0.25) is 0 Å². The molecule has 1 aromatic carbocycles. The van der Waals surface area contributed by atoms with Gasteiger partial charge in [0.05, 0.1) is 11.4 Å². The topological polar surface area (TPSA) is 47.1 Å². The van der Waals surface area contributed by atoms with Gasteiger partial charge in [-0.15, -0.1) is 0 Å². The van der Waals surface area contributed by atoms with Crippen LogP contribution in [-0.4, -0.2) is 16.3 Å². The standard InChI is InChI=1S/C17H24N4/c1-4-9-21-17(16(18)13(3)19-21)20-10-5-6-14-11-12(2)7-8-15(14)20/h7-8,11H,4-6,9-10,18H2,1-3H3. The highest BCUT2D eigenvalue weighted by Gasteiger charge is 2.24. The molecule has 21 heavy (non-hydrogen) atoms. The molecule has 4 heteroatoms. The third kappa shape index (κ3) is 2.39. The SMILES string of the molecule is CCCn1nc(C)c(N)c1N1CCCc2cc(C)ccc21. The average Bonchev–Trinajstić information content (AvgIpc) is 2.73. The second kappa shape index (κ2) is 5.43. The van der Waals surface area contributed by atoms with Crippen molar-refractivity contribution in [3.05, 3.63) is 35.0 Å². The number of rotatable bonds is 3. The quantitative estimate of drug-likeness (QED) is 0.937. The first-order valence-corrected chi connectivity index (χ1v) is 7.81. The molecule has 0 aliphatic carbocycles. The van der Waals surface area contributed by atoms with E-state index in [-0.39, 0.29) is 0 Å². The van der Waals surface area contributed by atoms with Crippen molar-refractivity contribution in [2.24, 2.45) is 0 Å². The number of nitrogens with two attached hydrogens (primary N) is 1. The van der Waals surface area contributed by atoms with Gasteiger partial charge in [-0.2, -0.15) is 5.10 Å². The van der Waals surface area contributed by atoms with Crippen LogP contribution in [-0.2, 0) is 13.0 Å². The summed E-state index contributed by atoms with van der Waals surface area (Å²) in [5.41, 5.74) is 12.1. The Kier molecular flexibility index (Phi) is 3.62. The summed E-state index contributed by atoms with van der Waals surface area (Å²) >= 11 is 0. The number of aryl methyl sites for hydroxylation is 4. The van der Waals surface area contributed by atoms with Gasteiger partial charge in [-0.1, -0.05) is 24.6 Å². The lowest BCUT2D eigenvalue weighted by Crippen LogP contribution is -2.27. The van der Waals surface area contributed by atoms with Crippen LogP contribution in [0.4, 0.5) is 17.2 Å². The van der Waals surface area contributed by atoms with Gasteiger partial charge >= 0.3 is 0 Å². The van der Waals surface area contributed by atoms with Crippen LogP contribution in [0.25, 0.3) is 0 Å². The van der Waals surface area contributed by atoms with E-state index >= 15 is 0 Å². The van der Waals surface area contributed by atoms with Gasteiger partial charge in [0, 0.05) is 18.8 Å². The lowest BCUT2D eigenvalue weighted by Gasteiger charge is -2.32. The van der Waals surface area contributed by atoms with Gasteiger partial charge in [0.25, 0.3) is 0 Å². The number of hydrogen-bond acceptors (Lipinski definition) is 3. The number of nitrogens with zero attached hydrogens (tertiary/aromatic N) is 3. The Hall–Kier alpha value is -1.97. The predicted molar refractivity (Wildman–Crippen MR) is 88.2 cm³/mol. The van der Waals surface area contributed by atoms with Crippen LogP contribution in [0.2, 0.25) is 0 Å². The molecule has 0 unspecified atom stereocenters. The molecule has 112 valence electrons. The molecule has 0 radical (unpaired) electrons. The molecule has 0 bridgehead atoms. The molecule has 4 nitrogen and oxygen atoms in total. The van der Waals surface area contributed by atoms with Crippen LogP contribution >= 0.6 is 0 Å². The summed E-state index contributed by atoms with van der Waals surface area (Å²) in [6.07, 6.45) is 3.36. The van der Waals surface area contributed by atoms with Crippen molar-refractivity contribution in [1.82, 2.24) is 9.78 Å². The van der Waals surface area contributed by atoms with E-state index in [0.29, 0.717) is 0 Å². The molecule has 3 rings (SSSR count).